The van der Waals surface area contributed by atoms with Gasteiger partial charge in [-0.3, -0.25) is 4.98 Å². The average Bonchev–Trinajstić information content (AvgIpc) is 2.17. The van der Waals surface area contributed by atoms with Gasteiger partial charge in [0.25, 0.3) is 0 Å². The third kappa shape index (κ3) is 1.63. The molecule has 66 valence electrons. The van der Waals surface area contributed by atoms with Crippen LogP contribution in [-0.4, -0.2) is 4.98 Å². The van der Waals surface area contributed by atoms with Crippen molar-refractivity contribution in [1.29, 1.82) is 0 Å². The van der Waals surface area contributed by atoms with Crippen molar-refractivity contribution in [2.24, 2.45) is 0 Å². The predicted molar refractivity (Wildman–Crippen MR) is 51.6 cm³/mol. The van der Waals surface area contributed by atoms with Gasteiger partial charge < -0.3 is 0 Å². The number of halogens is 2. The molecule has 0 aliphatic carbocycles. The van der Waals surface area contributed by atoms with E-state index < -0.39 is 6.67 Å². The normalized spacial score (nSPS) is 10.6. The van der Waals surface area contributed by atoms with E-state index in [0.29, 0.717) is 10.7 Å². The Morgan fingerprint density at radius 2 is 2.08 bits per heavy atom. The highest BCUT2D eigenvalue weighted by molar-refractivity contribution is 6.31. The summed E-state index contributed by atoms with van der Waals surface area (Å²) in [6.45, 7) is -0.529. The third-order valence-corrected chi connectivity index (χ3v) is 2.08. The maximum atomic E-state index is 12.2. The smallest absolute Gasteiger partial charge is 0.131 e. The zero-order chi connectivity index (χ0) is 9.26. The molecule has 0 bridgehead atoms. The first kappa shape index (κ1) is 8.45. The minimum Gasteiger partial charge on any atom is -0.250 e. The molecule has 13 heavy (non-hydrogen) atoms. The first-order valence-corrected chi connectivity index (χ1v) is 4.28. The summed E-state index contributed by atoms with van der Waals surface area (Å²) in [5.41, 5.74) is 1.23. The number of aromatic nitrogens is 1. The second-order valence-corrected chi connectivity index (χ2v) is 3.21. The zero-order valence-electron chi connectivity index (χ0n) is 6.80. The maximum absolute atomic E-state index is 12.2. The van der Waals surface area contributed by atoms with Gasteiger partial charge in [-0.25, -0.2) is 4.39 Å². The second-order valence-electron chi connectivity index (χ2n) is 2.77. The Bertz CT molecular complexity index is 442. The molecule has 0 spiro atoms. The average molecular weight is 196 g/mol. The number of pyridine rings is 1. The molecule has 1 aromatic heterocycles. The van der Waals surface area contributed by atoms with Crippen LogP contribution in [0.1, 0.15) is 5.69 Å². The highest BCUT2D eigenvalue weighted by Crippen LogP contribution is 2.18. The summed E-state index contributed by atoms with van der Waals surface area (Å²) in [7, 11) is 0. The van der Waals surface area contributed by atoms with Crippen LogP contribution in [0.15, 0.2) is 30.3 Å². The third-order valence-electron chi connectivity index (χ3n) is 1.85. The van der Waals surface area contributed by atoms with E-state index in [1.54, 1.807) is 18.2 Å². The van der Waals surface area contributed by atoms with Crippen LogP contribution < -0.4 is 0 Å². The minimum atomic E-state index is -0.529. The number of fused-ring (bicyclic) bond motifs is 1. The van der Waals surface area contributed by atoms with Crippen molar-refractivity contribution in [2.45, 2.75) is 6.67 Å². The van der Waals surface area contributed by atoms with Crippen molar-refractivity contribution in [1.82, 2.24) is 4.98 Å². The van der Waals surface area contributed by atoms with Gasteiger partial charge in [0.2, 0.25) is 0 Å². The summed E-state index contributed by atoms with van der Waals surface area (Å²) < 4.78 is 12.2. The Morgan fingerprint density at radius 1 is 1.23 bits per heavy atom. The lowest BCUT2D eigenvalue weighted by Crippen LogP contribution is -1.85. The molecule has 0 N–H and O–H groups in total. The SMILES string of the molecule is FCc1ccc2cc(Cl)ccc2n1. The number of alkyl halides is 1. The minimum absolute atomic E-state index is 0.454. The highest BCUT2D eigenvalue weighted by atomic mass is 35.5. The van der Waals surface area contributed by atoms with Gasteiger partial charge >= 0.3 is 0 Å². The lowest BCUT2D eigenvalue weighted by atomic mass is 10.2. The molecule has 2 rings (SSSR count). The quantitative estimate of drug-likeness (QED) is 0.680. The van der Waals surface area contributed by atoms with E-state index in [1.165, 1.54) is 0 Å². The summed E-state index contributed by atoms with van der Waals surface area (Å²) in [5.74, 6) is 0. The van der Waals surface area contributed by atoms with Crippen molar-refractivity contribution in [3.8, 4) is 0 Å². The van der Waals surface area contributed by atoms with Gasteiger partial charge in [0.05, 0.1) is 11.2 Å². The van der Waals surface area contributed by atoms with Gasteiger partial charge in [-0.15, -0.1) is 0 Å². The van der Waals surface area contributed by atoms with Gasteiger partial charge in [-0.05, 0) is 24.3 Å². The molecule has 0 atom stereocenters. The van der Waals surface area contributed by atoms with E-state index >= 15 is 0 Å². The summed E-state index contributed by atoms with van der Waals surface area (Å²) in [6, 6.07) is 8.84. The first-order chi connectivity index (χ1) is 6.29. The Hall–Kier alpha value is -1.15. The summed E-state index contributed by atoms with van der Waals surface area (Å²) >= 11 is 5.79. The number of hydrogen-bond acceptors (Lipinski definition) is 1. The number of benzene rings is 1. The van der Waals surface area contributed by atoms with Gasteiger partial charge in [-0.1, -0.05) is 17.7 Å². The van der Waals surface area contributed by atoms with E-state index in [4.69, 9.17) is 11.6 Å². The van der Waals surface area contributed by atoms with E-state index in [0.717, 1.165) is 10.9 Å². The van der Waals surface area contributed by atoms with Gasteiger partial charge in [-0.2, -0.15) is 0 Å². The monoisotopic (exact) mass is 195 g/mol. The van der Waals surface area contributed by atoms with Crippen LogP contribution in [-0.2, 0) is 6.67 Å². The molecule has 1 heterocycles. The van der Waals surface area contributed by atoms with E-state index in [-0.39, 0.29) is 0 Å². The van der Waals surface area contributed by atoms with Gasteiger partial charge in [0.1, 0.15) is 6.67 Å². The largest absolute Gasteiger partial charge is 0.250 e. The molecule has 0 saturated heterocycles. The highest BCUT2D eigenvalue weighted by Gasteiger charge is 1.98. The fraction of sp³-hybridized carbons (Fsp3) is 0.100. The molecular formula is C10H7ClFN. The fourth-order valence-electron chi connectivity index (χ4n) is 1.21. The molecular weight excluding hydrogens is 189 g/mol. The summed E-state index contributed by atoms with van der Waals surface area (Å²) in [4.78, 5) is 4.10. The molecule has 1 aromatic carbocycles. The van der Waals surface area contributed by atoms with Gasteiger partial charge in [0, 0.05) is 10.4 Å². The fourth-order valence-corrected chi connectivity index (χ4v) is 1.39. The molecule has 0 amide bonds. The Morgan fingerprint density at radius 3 is 2.85 bits per heavy atom. The molecule has 0 aliphatic heterocycles. The van der Waals surface area contributed by atoms with Crippen molar-refractivity contribution >= 4 is 22.5 Å². The van der Waals surface area contributed by atoms with Crippen molar-refractivity contribution in [3.63, 3.8) is 0 Å². The molecule has 0 radical (unpaired) electrons. The van der Waals surface area contributed by atoms with Crippen molar-refractivity contribution in [3.05, 3.63) is 41.0 Å². The standard InChI is InChI=1S/C10H7ClFN/c11-8-2-4-10-7(5-8)1-3-9(6-12)13-10/h1-5H,6H2. The van der Waals surface area contributed by atoms with Crippen molar-refractivity contribution in [2.75, 3.05) is 0 Å². The molecule has 2 aromatic rings. The van der Waals surface area contributed by atoms with Crippen LogP contribution in [0.4, 0.5) is 4.39 Å². The van der Waals surface area contributed by atoms with E-state index in [2.05, 4.69) is 4.98 Å². The zero-order valence-corrected chi connectivity index (χ0v) is 7.55. The first-order valence-electron chi connectivity index (χ1n) is 3.91. The Kier molecular flexibility index (Phi) is 2.15. The Balaban J connectivity index is 2.66. The molecule has 0 aliphatic rings. The van der Waals surface area contributed by atoms with Crippen molar-refractivity contribution < 1.29 is 4.39 Å². The summed E-state index contributed by atoms with van der Waals surface area (Å²) in [5, 5.41) is 1.60. The van der Waals surface area contributed by atoms with Crippen LogP contribution in [0.25, 0.3) is 10.9 Å². The number of hydrogen-bond donors (Lipinski definition) is 0. The van der Waals surface area contributed by atoms with Crippen LogP contribution in [0.3, 0.4) is 0 Å². The van der Waals surface area contributed by atoms with Crippen LogP contribution in [0, 0.1) is 0 Å². The molecule has 3 heteroatoms. The van der Waals surface area contributed by atoms with E-state index in [1.807, 2.05) is 12.1 Å². The topological polar surface area (TPSA) is 12.9 Å². The second kappa shape index (κ2) is 3.30. The summed E-state index contributed by atoms with van der Waals surface area (Å²) in [6.07, 6.45) is 0. The molecule has 0 fully saturated rings. The van der Waals surface area contributed by atoms with Gasteiger partial charge in [0.15, 0.2) is 0 Å². The molecule has 1 nitrogen and oxygen atoms in total. The molecule has 0 unspecified atom stereocenters. The maximum Gasteiger partial charge on any atom is 0.131 e. The lowest BCUT2D eigenvalue weighted by molar-refractivity contribution is 0.477. The molecule has 0 saturated carbocycles. The van der Waals surface area contributed by atoms with Crippen LogP contribution in [0.2, 0.25) is 5.02 Å². The van der Waals surface area contributed by atoms with Crippen LogP contribution >= 0.6 is 11.6 Å². The van der Waals surface area contributed by atoms with Crippen LogP contribution in [0.5, 0.6) is 0 Å². The predicted octanol–water partition coefficient (Wildman–Crippen LogP) is 3.36. The number of nitrogens with zero attached hydrogens (tertiary/aromatic N) is 1. The number of rotatable bonds is 1. The lowest BCUT2D eigenvalue weighted by Gasteiger charge is -1.99. The van der Waals surface area contributed by atoms with E-state index in [9.17, 15) is 4.39 Å². The Labute approximate surface area is 80.2 Å².